The molecular formula is C29H39ClN2O4. The molecule has 2 aliphatic carbocycles. The van der Waals surface area contributed by atoms with E-state index < -0.39 is 0 Å². The van der Waals surface area contributed by atoms with E-state index in [1.54, 1.807) is 0 Å². The number of nitrogens with zero attached hydrogens (tertiary/aromatic N) is 1. The van der Waals surface area contributed by atoms with Gasteiger partial charge in [0.2, 0.25) is 5.91 Å². The molecule has 0 atom stereocenters. The van der Waals surface area contributed by atoms with E-state index in [0.717, 1.165) is 55.5 Å². The molecule has 2 saturated carbocycles. The van der Waals surface area contributed by atoms with Crippen LogP contribution in [0.3, 0.4) is 0 Å². The number of nitrogens with one attached hydrogen (secondary N) is 1. The van der Waals surface area contributed by atoms with Crippen LogP contribution >= 0.6 is 11.6 Å². The van der Waals surface area contributed by atoms with E-state index >= 15 is 0 Å². The maximum absolute atomic E-state index is 12.7. The van der Waals surface area contributed by atoms with E-state index in [1.807, 2.05) is 25.1 Å². The molecule has 0 radical (unpaired) electrons. The van der Waals surface area contributed by atoms with Crippen molar-refractivity contribution in [1.82, 2.24) is 5.16 Å². The molecule has 2 aliphatic rings. The van der Waals surface area contributed by atoms with Crippen molar-refractivity contribution in [1.29, 1.82) is 0 Å². The summed E-state index contributed by atoms with van der Waals surface area (Å²) in [4.78, 5) is 24.1. The fourth-order valence-corrected chi connectivity index (χ4v) is 6.08. The van der Waals surface area contributed by atoms with Crippen molar-refractivity contribution in [2.75, 3.05) is 11.9 Å². The zero-order chi connectivity index (χ0) is 26.1. The molecule has 4 rings (SSSR count). The van der Waals surface area contributed by atoms with Crippen LogP contribution in [-0.4, -0.2) is 23.6 Å². The molecule has 1 amide bonds. The van der Waals surface area contributed by atoms with Gasteiger partial charge in [0.05, 0.1) is 23.0 Å². The number of halogens is 1. The fourth-order valence-electron chi connectivity index (χ4n) is 5.80. The van der Waals surface area contributed by atoms with E-state index in [2.05, 4.69) is 31.2 Å². The average molecular weight is 515 g/mol. The average Bonchev–Trinajstić information content (AvgIpc) is 3.50. The number of esters is 1. The molecule has 1 N–H and O–H groups in total. The van der Waals surface area contributed by atoms with Crippen molar-refractivity contribution in [3.8, 4) is 0 Å². The van der Waals surface area contributed by atoms with Crippen LogP contribution < -0.4 is 5.32 Å². The van der Waals surface area contributed by atoms with Crippen LogP contribution in [0.4, 0.5) is 5.69 Å². The van der Waals surface area contributed by atoms with Crippen LogP contribution in [0.15, 0.2) is 22.7 Å². The zero-order valence-electron chi connectivity index (χ0n) is 22.2. The normalized spacial score (nSPS) is 21.7. The Kier molecular flexibility index (Phi) is 7.84. The predicted octanol–water partition coefficient (Wildman–Crippen LogP) is 7.12. The van der Waals surface area contributed by atoms with Gasteiger partial charge in [-0.1, -0.05) is 43.6 Å². The second-order valence-electron chi connectivity index (χ2n) is 12.1. The number of anilines is 1. The highest BCUT2D eigenvalue weighted by atomic mass is 35.5. The quantitative estimate of drug-likeness (QED) is 0.341. The molecule has 2 aromatic rings. The number of carbonyl (C=O) groups is 2. The Morgan fingerprint density at radius 2 is 1.97 bits per heavy atom. The van der Waals surface area contributed by atoms with Crippen molar-refractivity contribution >= 4 is 29.2 Å². The van der Waals surface area contributed by atoms with Gasteiger partial charge in [0.15, 0.2) is 0 Å². The van der Waals surface area contributed by atoms with Gasteiger partial charge in [0.1, 0.15) is 5.76 Å². The van der Waals surface area contributed by atoms with Crippen molar-refractivity contribution in [3.63, 3.8) is 0 Å². The van der Waals surface area contributed by atoms with Crippen LogP contribution in [0.1, 0.15) is 101 Å². The highest BCUT2D eigenvalue weighted by molar-refractivity contribution is 6.33. The number of hydrogen-bond donors (Lipinski definition) is 1. The maximum Gasteiger partial charge on any atom is 0.302 e. The lowest BCUT2D eigenvalue weighted by Gasteiger charge is -2.48. The molecule has 0 unspecified atom stereocenters. The van der Waals surface area contributed by atoms with E-state index in [4.69, 9.17) is 20.9 Å². The first-order chi connectivity index (χ1) is 17.0. The van der Waals surface area contributed by atoms with Crippen LogP contribution in [0.25, 0.3) is 0 Å². The third-order valence-corrected chi connectivity index (χ3v) is 7.72. The Morgan fingerprint density at radius 1 is 1.25 bits per heavy atom. The molecule has 7 heteroatoms. The number of carbonyl (C=O) groups excluding carboxylic acids is 2. The summed E-state index contributed by atoms with van der Waals surface area (Å²) in [5.74, 6) is 1.69. The number of amides is 1. The van der Waals surface area contributed by atoms with Gasteiger partial charge < -0.3 is 14.6 Å². The van der Waals surface area contributed by atoms with E-state index in [1.165, 1.54) is 12.5 Å². The lowest BCUT2D eigenvalue weighted by Crippen LogP contribution is -2.44. The van der Waals surface area contributed by atoms with Crippen molar-refractivity contribution in [2.24, 2.45) is 11.3 Å². The Morgan fingerprint density at radius 3 is 2.58 bits per heavy atom. The number of rotatable bonds is 10. The van der Waals surface area contributed by atoms with Crippen molar-refractivity contribution < 1.29 is 18.8 Å². The molecule has 1 heterocycles. The van der Waals surface area contributed by atoms with E-state index in [9.17, 15) is 9.59 Å². The van der Waals surface area contributed by atoms with E-state index in [0.29, 0.717) is 42.0 Å². The third-order valence-electron chi connectivity index (χ3n) is 7.40. The van der Waals surface area contributed by atoms with Gasteiger partial charge in [-0.2, -0.15) is 0 Å². The molecule has 1 aromatic heterocycles. The Balaban J connectivity index is 1.48. The fraction of sp³-hybridized carbons (Fsp3) is 0.621. The highest BCUT2D eigenvalue weighted by Crippen LogP contribution is 2.57. The SMILES string of the molecule is CC(=O)OCCC1(c2onc(CCC(=O)Nc3ccc(C)cc3Cl)c2C2CC2)CC(CC(C)(C)C)C1. The van der Waals surface area contributed by atoms with Gasteiger partial charge in [-0.25, -0.2) is 0 Å². The Hall–Kier alpha value is -2.34. The van der Waals surface area contributed by atoms with Gasteiger partial charge in [0.25, 0.3) is 0 Å². The van der Waals surface area contributed by atoms with Crippen molar-refractivity contribution in [3.05, 3.63) is 45.8 Å². The standard InChI is InChI=1S/C29H39ClN2O4/c1-18-6-9-23(22(30)14-18)31-25(34)11-10-24-26(21-7-8-21)27(36-32-24)29(12-13-35-19(2)33)16-20(17-29)15-28(3,4)5/h6,9,14,20-21H,7-8,10-13,15-17H2,1-5H3,(H,31,34). The molecular weight excluding hydrogens is 476 g/mol. The van der Waals surface area contributed by atoms with Crippen LogP contribution in [0, 0.1) is 18.3 Å². The summed E-state index contributed by atoms with van der Waals surface area (Å²) >= 11 is 6.28. The minimum atomic E-state index is -0.254. The lowest BCUT2D eigenvalue weighted by molar-refractivity contribution is -0.142. The highest BCUT2D eigenvalue weighted by Gasteiger charge is 2.51. The first kappa shape index (κ1) is 26.7. The number of aryl methyl sites for hydroxylation is 2. The molecule has 0 saturated heterocycles. The van der Waals surface area contributed by atoms with Gasteiger partial charge >= 0.3 is 5.97 Å². The third kappa shape index (κ3) is 6.50. The summed E-state index contributed by atoms with van der Waals surface area (Å²) in [6.45, 7) is 10.6. The topological polar surface area (TPSA) is 81.4 Å². The molecule has 0 aliphatic heterocycles. The Bertz CT molecular complexity index is 1110. The Labute approximate surface area is 219 Å². The summed E-state index contributed by atoms with van der Waals surface area (Å²) < 4.78 is 11.4. The monoisotopic (exact) mass is 514 g/mol. The minimum absolute atomic E-state index is 0.0921. The second kappa shape index (κ2) is 10.6. The number of benzene rings is 1. The van der Waals surface area contributed by atoms with Gasteiger partial charge in [-0.3, -0.25) is 9.59 Å². The molecule has 0 bridgehead atoms. The van der Waals surface area contributed by atoms with E-state index in [-0.39, 0.29) is 22.7 Å². The minimum Gasteiger partial charge on any atom is -0.466 e. The van der Waals surface area contributed by atoms with Gasteiger partial charge in [-0.15, -0.1) is 0 Å². The molecule has 1 aromatic carbocycles. The summed E-state index contributed by atoms with van der Waals surface area (Å²) in [7, 11) is 0. The van der Waals surface area contributed by atoms with Crippen molar-refractivity contribution in [2.45, 2.75) is 97.3 Å². The van der Waals surface area contributed by atoms with Crippen LogP contribution in [0.5, 0.6) is 0 Å². The zero-order valence-corrected chi connectivity index (χ0v) is 23.0. The number of ether oxygens (including phenoxy) is 1. The molecule has 2 fully saturated rings. The number of aromatic nitrogens is 1. The van der Waals surface area contributed by atoms with Gasteiger partial charge in [0, 0.05) is 30.7 Å². The summed E-state index contributed by atoms with van der Waals surface area (Å²) in [5.41, 5.74) is 3.89. The first-order valence-corrected chi connectivity index (χ1v) is 13.5. The molecule has 36 heavy (non-hydrogen) atoms. The number of hydrogen-bond acceptors (Lipinski definition) is 5. The largest absolute Gasteiger partial charge is 0.466 e. The predicted molar refractivity (Wildman–Crippen MR) is 141 cm³/mol. The summed E-state index contributed by atoms with van der Waals surface area (Å²) in [6, 6.07) is 5.60. The summed E-state index contributed by atoms with van der Waals surface area (Å²) in [6.07, 6.45) is 7.02. The van der Waals surface area contributed by atoms with Crippen LogP contribution in [-0.2, 0) is 26.2 Å². The molecule has 6 nitrogen and oxygen atoms in total. The van der Waals surface area contributed by atoms with Crippen LogP contribution in [0.2, 0.25) is 5.02 Å². The lowest BCUT2D eigenvalue weighted by atomic mass is 9.55. The summed E-state index contributed by atoms with van der Waals surface area (Å²) in [5, 5.41) is 7.94. The first-order valence-electron chi connectivity index (χ1n) is 13.1. The van der Waals surface area contributed by atoms with Gasteiger partial charge in [-0.05, 0) is 80.4 Å². The molecule has 0 spiro atoms. The maximum atomic E-state index is 12.7. The second-order valence-corrected chi connectivity index (χ2v) is 12.5. The smallest absolute Gasteiger partial charge is 0.302 e. The molecule has 196 valence electrons.